The first-order valence-electron chi connectivity index (χ1n) is 23.0. The largest absolute Gasteiger partial charge is 0.487 e. The minimum absolute atomic E-state index is 0.150. The fourth-order valence-corrected chi connectivity index (χ4v) is 6.92. The van der Waals surface area contributed by atoms with Crippen LogP contribution in [0.5, 0.6) is 17.2 Å². The summed E-state index contributed by atoms with van der Waals surface area (Å²) in [6.45, 7) is 14.7. The van der Waals surface area contributed by atoms with Crippen molar-refractivity contribution in [3.63, 3.8) is 0 Å². The smallest absolute Gasteiger partial charge is 0.251 e. The number of amides is 2. The Balaban J connectivity index is 1.22. The third kappa shape index (κ3) is 17.4. The molecule has 5 aromatic carbocycles. The molecule has 0 aromatic heterocycles. The van der Waals surface area contributed by atoms with E-state index in [2.05, 4.69) is 34.9 Å². The van der Waals surface area contributed by atoms with Crippen LogP contribution in [0.25, 0.3) is 32.3 Å². The highest BCUT2D eigenvalue weighted by Gasteiger charge is 2.20. The molecule has 66 heavy (non-hydrogen) atoms. The molecule has 0 unspecified atom stereocenters. The van der Waals surface area contributed by atoms with Gasteiger partial charge in [0.1, 0.15) is 19.8 Å². The highest BCUT2D eigenvalue weighted by atomic mass is 16.6. The zero-order valence-electron chi connectivity index (χ0n) is 38.8. The number of nitrogens with one attached hydrogen (secondary N) is 2. The minimum atomic E-state index is -0.401. The average Bonchev–Trinajstić information content (AvgIpc) is 3.34. The second-order valence-electron chi connectivity index (χ2n) is 14.6. The fourth-order valence-electron chi connectivity index (χ4n) is 6.92. The van der Waals surface area contributed by atoms with Crippen LogP contribution in [-0.2, 0) is 42.6 Å². The van der Waals surface area contributed by atoms with Crippen molar-refractivity contribution in [2.45, 2.75) is 20.8 Å². The molecule has 0 heterocycles. The van der Waals surface area contributed by atoms with Crippen molar-refractivity contribution >= 4 is 44.1 Å². The molecule has 0 bridgehead atoms. The van der Waals surface area contributed by atoms with Crippen LogP contribution in [0.4, 0.5) is 0 Å². The van der Waals surface area contributed by atoms with Crippen molar-refractivity contribution in [3.05, 3.63) is 77.9 Å². The molecule has 0 aliphatic carbocycles. The maximum absolute atomic E-state index is 13.8. The van der Waals surface area contributed by atoms with E-state index in [-0.39, 0.29) is 75.7 Å². The van der Waals surface area contributed by atoms with Crippen molar-refractivity contribution < 1.29 is 66.4 Å². The van der Waals surface area contributed by atoms with Gasteiger partial charge < -0.3 is 67.5 Å². The third-order valence-electron chi connectivity index (χ3n) is 10.0. The van der Waals surface area contributed by atoms with E-state index in [1.807, 2.05) is 51.1 Å². The minimum Gasteiger partial charge on any atom is -0.487 e. The molecule has 0 spiro atoms. The van der Waals surface area contributed by atoms with Crippen molar-refractivity contribution in [3.8, 4) is 17.2 Å². The van der Waals surface area contributed by atoms with Crippen molar-refractivity contribution in [1.82, 2.24) is 10.6 Å². The van der Waals surface area contributed by atoms with E-state index in [1.165, 1.54) is 0 Å². The van der Waals surface area contributed by atoms with Crippen LogP contribution in [0.1, 0.15) is 41.5 Å². The van der Waals surface area contributed by atoms with E-state index in [0.717, 1.165) is 32.3 Å². The van der Waals surface area contributed by atoms with Gasteiger partial charge in [-0.15, -0.1) is 0 Å². The van der Waals surface area contributed by atoms with Gasteiger partial charge in [-0.1, -0.05) is 48.5 Å². The zero-order valence-corrected chi connectivity index (χ0v) is 38.8. The highest BCUT2D eigenvalue weighted by molar-refractivity contribution is 6.26. The molecule has 0 aliphatic rings. The van der Waals surface area contributed by atoms with E-state index < -0.39 is 5.91 Å². The molecular formula is C50H68N2O14. The lowest BCUT2D eigenvalue weighted by Crippen LogP contribution is -2.34. The standard InChI is InChI=1S/C50H68N2O14/c1-4-55-18-21-58-24-27-61-30-33-64-44-36-41(37-45(65-34-31-62-28-25-59-22-19-56-5-2)48(44)66-35-32-63-29-26-60-23-20-57-6-3)49(53)51-16-17-52-50(54)43-15-13-40-11-10-38-8-7-9-39-12-14-42(43)47(40)46(38)39/h7-15,36-37H,4-6,16-35H2,1-3H3,(H,51,53)(H,52,54). The SMILES string of the molecule is CCOCCOCCOCCOc1cc(C(=O)NCCNC(=O)c2ccc3ccc4cccc5ccc2c3c45)cc(OCCOCCOCCOCC)c1OCCOCCOCCOCC. The van der Waals surface area contributed by atoms with Crippen molar-refractivity contribution in [2.75, 3.05) is 152 Å². The maximum Gasteiger partial charge on any atom is 0.251 e. The van der Waals surface area contributed by atoms with Crippen LogP contribution >= 0.6 is 0 Å². The molecule has 2 N–H and O–H groups in total. The number of hydrogen-bond acceptors (Lipinski definition) is 14. The summed E-state index contributed by atoms with van der Waals surface area (Å²) in [5.74, 6) is 0.217. The van der Waals surface area contributed by atoms with Crippen LogP contribution in [0.3, 0.4) is 0 Å². The van der Waals surface area contributed by atoms with E-state index in [0.29, 0.717) is 110 Å². The van der Waals surface area contributed by atoms with Gasteiger partial charge in [-0.2, -0.15) is 0 Å². The number of hydrogen-bond donors (Lipinski definition) is 2. The van der Waals surface area contributed by atoms with E-state index in [4.69, 9.17) is 56.8 Å². The molecule has 5 rings (SSSR count). The third-order valence-corrected chi connectivity index (χ3v) is 10.0. The Morgan fingerprint density at radius 1 is 0.409 bits per heavy atom. The Hall–Kier alpha value is -4.88. The van der Waals surface area contributed by atoms with Crippen LogP contribution in [0, 0.1) is 0 Å². The predicted octanol–water partition coefficient (Wildman–Crippen LogP) is 6.09. The molecule has 2 amide bonds. The maximum atomic E-state index is 13.8. The molecule has 16 nitrogen and oxygen atoms in total. The first-order chi connectivity index (χ1) is 32.5. The number of benzene rings is 5. The molecule has 362 valence electrons. The Bertz CT molecular complexity index is 2070. The summed E-state index contributed by atoms with van der Waals surface area (Å²) in [6, 6.07) is 21.5. The number of carbonyl (C=O) groups is 2. The molecule has 5 aromatic rings. The fraction of sp³-hybridized carbons (Fsp3) is 0.520. The Kier molecular flexibility index (Phi) is 24.6. The quantitative estimate of drug-likeness (QED) is 0.0345. The van der Waals surface area contributed by atoms with Gasteiger partial charge in [0.05, 0.1) is 99.1 Å². The molecule has 0 aliphatic heterocycles. The second-order valence-corrected chi connectivity index (χ2v) is 14.6. The lowest BCUT2D eigenvalue weighted by atomic mass is 9.92. The van der Waals surface area contributed by atoms with Gasteiger partial charge >= 0.3 is 0 Å². The van der Waals surface area contributed by atoms with Gasteiger partial charge in [-0.05, 0) is 71.3 Å². The van der Waals surface area contributed by atoms with Crippen molar-refractivity contribution in [2.24, 2.45) is 0 Å². The monoisotopic (exact) mass is 920 g/mol. The topological polar surface area (TPSA) is 169 Å². The summed E-state index contributed by atoms with van der Waals surface area (Å²) in [5.41, 5.74) is 0.830. The summed E-state index contributed by atoms with van der Waals surface area (Å²) in [5, 5.41) is 12.3. The number of ether oxygens (including phenoxy) is 12. The van der Waals surface area contributed by atoms with E-state index >= 15 is 0 Å². The molecule has 0 saturated carbocycles. The highest BCUT2D eigenvalue weighted by Crippen LogP contribution is 2.39. The molecular weight excluding hydrogens is 853 g/mol. The van der Waals surface area contributed by atoms with E-state index in [1.54, 1.807) is 12.1 Å². The summed E-state index contributed by atoms with van der Waals surface area (Å²) >= 11 is 0. The van der Waals surface area contributed by atoms with Gasteiger partial charge in [0, 0.05) is 44.0 Å². The molecule has 16 heteroatoms. The van der Waals surface area contributed by atoms with Crippen LogP contribution in [0.2, 0.25) is 0 Å². The van der Waals surface area contributed by atoms with Gasteiger partial charge in [-0.3, -0.25) is 9.59 Å². The Morgan fingerprint density at radius 3 is 1.26 bits per heavy atom. The van der Waals surface area contributed by atoms with E-state index in [9.17, 15) is 9.59 Å². The zero-order chi connectivity index (χ0) is 46.4. The lowest BCUT2D eigenvalue weighted by molar-refractivity contribution is 0.00864. The van der Waals surface area contributed by atoms with Crippen molar-refractivity contribution in [1.29, 1.82) is 0 Å². The normalized spacial score (nSPS) is 11.5. The summed E-state index contributed by atoms with van der Waals surface area (Å²) in [7, 11) is 0. The van der Waals surface area contributed by atoms with Gasteiger partial charge in [-0.25, -0.2) is 0 Å². The summed E-state index contributed by atoms with van der Waals surface area (Å²) in [6.07, 6.45) is 0. The van der Waals surface area contributed by atoms with Gasteiger partial charge in [0.15, 0.2) is 11.5 Å². The molecule has 0 atom stereocenters. The second kappa shape index (κ2) is 31.2. The predicted molar refractivity (Wildman–Crippen MR) is 252 cm³/mol. The van der Waals surface area contributed by atoms with Gasteiger partial charge in [0.2, 0.25) is 5.75 Å². The molecule has 0 saturated heterocycles. The van der Waals surface area contributed by atoms with Crippen LogP contribution in [-0.4, -0.2) is 164 Å². The first-order valence-corrected chi connectivity index (χ1v) is 23.0. The Morgan fingerprint density at radius 2 is 0.788 bits per heavy atom. The first kappa shape index (κ1) is 52.1. The molecule has 0 radical (unpaired) electrons. The summed E-state index contributed by atoms with van der Waals surface area (Å²) in [4.78, 5) is 27.3. The van der Waals surface area contributed by atoms with Crippen LogP contribution in [0.15, 0.2) is 66.7 Å². The summed E-state index contributed by atoms with van der Waals surface area (Å²) < 4.78 is 68.3. The lowest BCUT2D eigenvalue weighted by Gasteiger charge is -2.19. The molecule has 0 fully saturated rings. The van der Waals surface area contributed by atoms with Gasteiger partial charge in [0.25, 0.3) is 11.8 Å². The van der Waals surface area contributed by atoms with Crippen LogP contribution < -0.4 is 24.8 Å². The number of carbonyl (C=O) groups excluding carboxylic acids is 2. The average molecular weight is 921 g/mol. The number of rotatable bonds is 38. The Labute approximate surface area is 388 Å².